The number of rotatable bonds is 1. The highest BCUT2D eigenvalue weighted by atomic mass is 15.4. The van der Waals surface area contributed by atoms with Crippen LogP contribution in [0.3, 0.4) is 0 Å². The Morgan fingerprint density at radius 3 is 3.00 bits per heavy atom. The van der Waals surface area contributed by atoms with Crippen molar-refractivity contribution in [1.29, 1.82) is 0 Å². The molecule has 2 heterocycles. The zero-order valence-corrected chi connectivity index (χ0v) is 6.99. The van der Waals surface area contributed by atoms with Crippen molar-refractivity contribution in [3.05, 3.63) is 12.3 Å². The van der Waals surface area contributed by atoms with Gasteiger partial charge in [0, 0.05) is 18.7 Å². The highest BCUT2D eigenvalue weighted by Crippen LogP contribution is 2.21. The van der Waals surface area contributed by atoms with Crippen molar-refractivity contribution >= 4 is 5.82 Å². The summed E-state index contributed by atoms with van der Waals surface area (Å²) in [5.74, 6) is 1.26. The quantitative estimate of drug-likeness (QED) is 0.599. The molecule has 0 saturated carbocycles. The minimum absolute atomic E-state index is 0.591. The molecule has 1 aliphatic heterocycles. The molecule has 60 valence electrons. The Morgan fingerprint density at radius 1 is 1.45 bits per heavy atom. The lowest BCUT2D eigenvalue weighted by Crippen LogP contribution is -2.28. The molecule has 3 nitrogen and oxygen atoms in total. The summed E-state index contributed by atoms with van der Waals surface area (Å²) in [5, 5.41) is 4.20. The van der Waals surface area contributed by atoms with Crippen LogP contribution >= 0.6 is 0 Å². The van der Waals surface area contributed by atoms with Crippen molar-refractivity contribution in [1.82, 2.24) is 9.78 Å². The standard InChI is InChI=1S/C8H13N3/c1-7(2)10-5-6-11-8(10)3-4-9-11/h3-4,7H,5-6H2,1-2H3. The van der Waals surface area contributed by atoms with Gasteiger partial charge in [0.05, 0.1) is 12.7 Å². The van der Waals surface area contributed by atoms with E-state index >= 15 is 0 Å². The summed E-state index contributed by atoms with van der Waals surface area (Å²) in [4.78, 5) is 2.37. The van der Waals surface area contributed by atoms with Crippen molar-refractivity contribution in [3.63, 3.8) is 0 Å². The van der Waals surface area contributed by atoms with Crippen LogP contribution in [-0.4, -0.2) is 22.4 Å². The molecule has 0 aromatic carbocycles. The molecule has 11 heavy (non-hydrogen) atoms. The molecule has 0 amide bonds. The molecule has 1 aromatic heterocycles. The maximum Gasteiger partial charge on any atom is 0.127 e. The molecule has 3 heteroatoms. The lowest BCUT2D eigenvalue weighted by Gasteiger charge is -2.20. The maximum absolute atomic E-state index is 4.20. The van der Waals surface area contributed by atoms with Crippen LogP contribution in [0.1, 0.15) is 13.8 Å². The van der Waals surface area contributed by atoms with Gasteiger partial charge in [0.15, 0.2) is 0 Å². The molecule has 1 aromatic rings. The zero-order chi connectivity index (χ0) is 7.84. The molecule has 2 rings (SSSR count). The smallest absolute Gasteiger partial charge is 0.127 e. The van der Waals surface area contributed by atoms with Gasteiger partial charge in [-0.15, -0.1) is 0 Å². The summed E-state index contributed by atoms with van der Waals surface area (Å²) in [5.41, 5.74) is 0. The van der Waals surface area contributed by atoms with E-state index in [9.17, 15) is 0 Å². The predicted octanol–water partition coefficient (Wildman–Crippen LogP) is 1.11. The summed E-state index contributed by atoms with van der Waals surface area (Å²) < 4.78 is 2.06. The van der Waals surface area contributed by atoms with Gasteiger partial charge in [-0.3, -0.25) is 0 Å². The second kappa shape index (κ2) is 2.26. The van der Waals surface area contributed by atoms with Crippen LogP contribution in [0, 0.1) is 0 Å². The van der Waals surface area contributed by atoms with Gasteiger partial charge in [0.1, 0.15) is 5.82 Å². The largest absolute Gasteiger partial charge is 0.353 e. The van der Waals surface area contributed by atoms with Gasteiger partial charge in [-0.05, 0) is 13.8 Å². The van der Waals surface area contributed by atoms with Gasteiger partial charge in [-0.25, -0.2) is 4.68 Å². The molecule has 0 N–H and O–H groups in total. The molecule has 0 radical (unpaired) electrons. The van der Waals surface area contributed by atoms with Crippen LogP contribution in [0.2, 0.25) is 0 Å². The van der Waals surface area contributed by atoms with Gasteiger partial charge < -0.3 is 4.90 Å². The van der Waals surface area contributed by atoms with Crippen LogP contribution in [0.25, 0.3) is 0 Å². The van der Waals surface area contributed by atoms with E-state index in [1.807, 2.05) is 6.20 Å². The van der Waals surface area contributed by atoms with E-state index in [-0.39, 0.29) is 0 Å². The fourth-order valence-electron chi connectivity index (χ4n) is 1.58. The monoisotopic (exact) mass is 151 g/mol. The summed E-state index contributed by atoms with van der Waals surface area (Å²) in [7, 11) is 0. The number of nitrogens with zero attached hydrogens (tertiary/aromatic N) is 3. The Bertz CT molecular complexity index is 252. The van der Waals surface area contributed by atoms with Crippen LogP contribution < -0.4 is 4.90 Å². The van der Waals surface area contributed by atoms with E-state index in [4.69, 9.17) is 0 Å². The highest BCUT2D eigenvalue weighted by molar-refractivity contribution is 5.42. The number of aromatic nitrogens is 2. The average molecular weight is 151 g/mol. The lowest BCUT2D eigenvalue weighted by atomic mass is 10.3. The van der Waals surface area contributed by atoms with E-state index in [0.717, 1.165) is 13.1 Å². The van der Waals surface area contributed by atoms with Crippen molar-refractivity contribution < 1.29 is 0 Å². The fourth-order valence-corrected chi connectivity index (χ4v) is 1.58. The van der Waals surface area contributed by atoms with Gasteiger partial charge >= 0.3 is 0 Å². The van der Waals surface area contributed by atoms with E-state index in [0.29, 0.717) is 6.04 Å². The molecule has 1 aliphatic rings. The Kier molecular flexibility index (Phi) is 1.37. The molecule has 0 fully saturated rings. The Morgan fingerprint density at radius 2 is 2.27 bits per heavy atom. The highest BCUT2D eigenvalue weighted by Gasteiger charge is 2.20. The van der Waals surface area contributed by atoms with Gasteiger partial charge in [-0.2, -0.15) is 5.10 Å². The van der Waals surface area contributed by atoms with Crippen LogP contribution in [0.15, 0.2) is 12.3 Å². The summed E-state index contributed by atoms with van der Waals surface area (Å²) in [6.07, 6.45) is 1.86. The van der Waals surface area contributed by atoms with Crippen LogP contribution in [0.4, 0.5) is 5.82 Å². The molecule has 0 aliphatic carbocycles. The van der Waals surface area contributed by atoms with Crippen molar-refractivity contribution in [2.24, 2.45) is 0 Å². The Labute approximate surface area is 66.6 Å². The molecular formula is C8H13N3. The summed E-state index contributed by atoms with van der Waals surface area (Å²) in [6.45, 7) is 6.58. The van der Waals surface area contributed by atoms with E-state index in [2.05, 4.69) is 34.6 Å². The summed E-state index contributed by atoms with van der Waals surface area (Å²) >= 11 is 0. The van der Waals surface area contributed by atoms with Crippen LogP contribution in [0.5, 0.6) is 0 Å². The number of hydrogen-bond donors (Lipinski definition) is 0. The van der Waals surface area contributed by atoms with Crippen LogP contribution in [-0.2, 0) is 6.54 Å². The molecular weight excluding hydrogens is 138 g/mol. The Balaban J connectivity index is 2.31. The fraction of sp³-hybridized carbons (Fsp3) is 0.625. The van der Waals surface area contributed by atoms with E-state index in [1.165, 1.54) is 5.82 Å². The van der Waals surface area contributed by atoms with E-state index < -0.39 is 0 Å². The maximum atomic E-state index is 4.20. The van der Waals surface area contributed by atoms with Crippen molar-refractivity contribution in [3.8, 4) is 0 Å². The third-order valence-corrected chi connectivity index (χ3v) is 2.16. The first-order valence-electron chi connectivity index (χ1n) is 4.07. The zero-order valence-electron chi connectivity index (χ0n) is 6.99. The van der Waals surface area contributed by atoms with Gasteiger partial charge in [0.2, 0.25) is 0 Å². The average Bonchev–Trinajstić information content (AvgIpc) is 2.41. The molecule has 0 bridgehead atoms. The SMILES string of the molecule is CC(C)N1CCn2nccc21. The van der Waals surface area contributed by atoms with Gasteiger partial charge in [-0.1, -0.05) is 0 Å². The summed E-state index contributed by atoms with van der Waals surface area (Å²) in [6, 6.07) is 2.67. The normalized spacial score (nSPS) is 16.1. The third-order valence-electron chi connectivity index (χ3n) is 2.16. The molecule has 0 unspecified atom stereocenters. The second-order valence-electron chi connectivity index (χ2n) is 3.20. The molecule has 0 atom stereocenters. The minimum Gasteiger partial charge on any atom is -0.353 e. The molecule has 0 spiro atoms. The first-order chi connectivity index (χ1) is 5.29. The topological polar surface area (TPSA) is 21.1 Å². The predicted molar refractivity (Wildman–Crippen MR) is 44.7 cm³/mol. The van der Waals surface area contributed by atoms with Gasteiger partial charge in [0.25, 0.3) is 0 Å². The minimum atomic E-state index is 0.591. The molecule has 0 saturated heterocycles. The Hall–Kier alpha value is -0.990. The second-order valence-corrected chi connectivity index (χ2v) is 3.20. The van der Waals surface area contributed by atoms with Crippen molar-refractivity contribution in [2.45, 2.75) is 26.4 Å². The first-order valence-corrected chi connectivity index (χ1v) is 4.07. The first kappa shape index (κ1) is 6.70. The number of hydrogen-bond acceptors (Lipinski definition) is 2. The third kappa shape index (κ3) is 0.914. The lowest BCUT2D eigenvalue weighted by molar-refractivity contribution is 0.666. The van der Waals surface area contributed by atoms with Crippen molar-refractivity contribution in [2.75, 3.05) is 11.4 Å². The van der Waals surface area contributed by atoms with E-state index in [1.54, 1.807) is 0 Å². The number of anilines is 1. The number of fused-ring (bicyclic) bond motifs is 1.